The lowest BCUT2D eigenvalue weighted by Gasteiger charge is -2.26. The van der Waals surface area contributed by atoms with Gasteiger partial charge < -0.3 is 9.64 Å². The van der Waals surface area contributed by atoms with Crippen molar-refractivity contribution in [2.45, 2.75) is 52.7 Å². The van der Waals surface area contributed by atoms with Gasteiger partial charge in [-0.3, -0.25) is 9.59 Å². The van der Waals surface area contributed by atoms with Gasteiger partial charge in [0, 0.05) is 28.7 Å². The van der Waals surface area contributed by atoms with Crippen LogP contribution in [0.1, 0.15) is 36.4 Å². The number of hydrogen-bond acceptors (Lipinski definition) is 6. The van der Waals surface area contributed by atoms with E-state index in [1.54, 1.807) is 16.3 Å². The smallest absolute Gasteiger partial charge is 0.311 e. The van der Waals surface area contributed by atoms with E-state index in [9.17, 15) is 9.59 Å². The quantitative estimate of drug-likeness (QED) is 0.631. The maximum absolute atomic E-state index is 13.0. The number of ether oxygens (including phenoxy) is 1. The van der Waals surface area contributed by atoms with Crippen LogP contribution in [0, 0.1) is 13.8 Å². The Morgan fingerprint density at radius 1 is 1.28 bits per heavy atom. The van der Waals surface area contributed by atoms with E-state index in [0.29, 0.717) is 11.5 Å². The number of carbonyl (C=O) groups excluding carboxylic acids is 2. The average Bonchev–Trinajstić information content (AvgIpc) is 3.27. The molecule has 0 saturated carbocycles. The summed E-state index contributed by atoms with van der Waals surface area (Å²) in [4.78, 5) is 35.7. The van der Waals surface area contributed by atoms with Crippen LogP contribution in [-0.4, -0.2) is 43.6 Å². The molecule has 3 aromatic rings. The lowest BCUT2D eigenvalue weighted by atomic mass is 10.1. The van der Waals surface area contributed by atoms with E-state index in [0.717, 1.165) is 28.9 Å². The summed E-state index contributed by atoms with van der Waals surface area (Å²) >= 11 is 0. The molecule has 0 aliphatic carbocycles. The summed E-state index contributed by atoms with van der Waals surface area (Å²) in [6, 6.07) is 7.86. The summed E-state index contributed by atoms with van der Waals surface area (Å²) in [6.07, 6.45) is 1.36. The van der Waals surface area contributed by atoms with Crippen LogP contribution in [0.15, 0.2) is 30.6 Å². The molecule has 8 nitrogen and oxygen atoms in total. The summed E-state index contributed by atoms with van der Waals surface area (Å²) in [5, 5.41) is 4.13. The molecule has 0 unspecified atom stereocenters. The molecule has 0 N–H and O–H groups in total. The first-order valence-corrected chi connectivity index (χ1v) is 9.63. The maximum atomic E-state index is 13.0. The number of benzene rings is 1. The Morgan fingerprint density at radius 2 is 2.03 bits per heavy atom. The monoisotopic (exact) mass is 393 g/mol. The number of hydrogen-bond donors (Lipinski definition) is 0. The molecule has 2 atom stereocenters. The van der Waals surface area contributed by atoms with E-state index in [1.807, 2.05) is 45.0 Å². The normalized spacial score (nSPS) is 16.7. The molecule has 0 spiro atoms. The number of rotatable bonds is 4. The highest BCUT2D eigenvalue weighted by Crippen LogP contribution is 2.32. The van der Waals surface area contributed by atoms with Crippen LogP contribution in [0.2, 0.25) is 0 Å². The number of esters is 1. The largest absolute Gasteiger partial charge is 0.452 e. The highest BCUT2D eigenvalue weighted by atomic mass is 16.5. The van der Waals surface area contributed by atoms with Gasteiger partial charge in [-0.1, -0.05) is 18.2 Å². The molecule has 4 rings (SSSR count). The lowest BCUT2D eigenvalue weighted by Crippen LogP contribution is -2.43. The van der Waals surface area contributed by atoms with Gasteiger partial charge in [0.1, 0.15) is 6.33 Å². The first kappa shape index (κ1) is 19.0. The number of amides is 1. The Hall–Kier alpha value is -3.29. The fourth-order valence-electron chi connectivity index (χ4n) is 3.94. The molecule has 0 saturated heterocycles. The number of carbonyl (C=O) groups is 2. The molecule has 2 aromatic heterocycles. The van der Waals surface area contributed by atoms with Crippen molar-refractivity contribution in [3.8, 4) is 0 Å². The van der Waals surface area contributed by atoms with E-state index >= 15 is 0 Å². The number of aromatic nitrogens is 4. The summed E-state index contributed by atoms with van der Waals surface area (Å²) in [5.74, 6) is -0.199. The number of nitrogens with zero attached hydrogens (tertiary/aromatic N) is 5. The van der Waals surface area contributed by atoms with E-state index in [-0.39, 0.29) is 18.4 Å². The van der Waals surface area contributed by atoms with Crippen molar-refractivity contribution in [1.29, 1.82) is 0 Å². The Bertz CT molecular complexity index is 1110. The predicted molar refractivity (Wildman–Crippen MR) is 107 cm³/mol. The second kappa shape index (κ2) is 7.27. The lowest BCUT2D eigenvalue weighted by molar-refractivity contribution is -0.153. The molecule has 29 heavy (non-hydrogen) atoms. The van der Waals surface area contributed by atoms with Crippen LogP contribution in [0.5, 0.6) is 0 Å². The highest BCUT2D eigenvalue weighted by Gasteiger charge is 2.34. The zero-order valence-electron chi connectivity index (χ0n) is 16.9. The van der Waals surface area contributed by atoms with Crippen LogP contribution in [0.25, 0.3) is 5.78 Å². The minimum absolute atomic E-state index is 0.0181. The van der Waals surface area contributed by atoms with Gasteiger partial charge >= 0.3 is 5.97 Å². The van der Waals surface area contributed by atoms with Crippen LogP contribution < -0.4 is 4.90 Å². The fourth-order valence-corrected chi connectivity index (χ4v) is 3.94. The minimum atomic E-state index is -0.875. The van der Waals surface area contributed by atoms with Crippen molar-refractivity contribution < 1.29 is 14.3 Å². The second-order valence-electron chi connectivity index (χ2n) is 7.43. The summed E-state index contributed by atoms with van der Waals surface area (Å²) in [6.45, 7) is 7.29. The second-order valence-corrected chi connectivity index (χ2v) is 7.43. The average molecular weight is 393 g/mol. The van der Waals surface area contributed by atoms with Gasteiger partial charge in [-0.15, -0.1) is 0 Å². The maximum Gasteiger partial charge on any atom is 0.311 e. The van der Waals surface area contributed by atoms with Crippen molar-refractivity contribution in [3.63, 3.8) is 0 Å². The molecule has 1 aliphatic heterocycles. The zero-order valence-corrected chi connectivity index (χ0v) is 16.9. The summed E-state index contributed by atoms with van der Waals surface area (Å²) in [5.41, 5.74) is 4.22. The minimum Gasteiger partial charge on any atom is -0.452 e. The van der Waals surface area contributed by atoms with E-state index in [4.69, 9.17) is 4.74 Å². The van der Waals surface area contributed by atoms with Crippen LogP contribution >= 0.6 is 0 Å². The van der Waals surface area contributed by atoms with E-state index in [2.05, 4.69) is 15.1 Å². The Labute approximate surface area is 168 Å². The van der Waals surface area contributed by atoms with E-state index < -0.39 is 12.1 Å². The summed E-state index contributed by atoms with van der Waals surface area (Å²) < 4.78 is 7.08. The third kappa shape index (κ3) is 3.35. The number of aryl methyl sites for hydroxylation is 2. The zero-order chi connectivity index (χ0) is 20.7. The Kier molecular flexibility index (Phi) is 4.77. The van der Waals surface area contributed by atoms with Crippen molar-refractivity contribution in [2.75, 3.05) is 4.90 Å². The molecular weight excluding hydrogens is 370 g/mol. The first-order valence-electron chi connectivity index (χ1n) is 9.63. The van der Waals surface area contributed by atoms with Gasteiger partial charge in [0.25, 0.3) is 11.7 Å². The number of fused-ring (bicyclic) bond motifs is 2. The van der Waals surface area contributed by atoms with E-state index in [1.165, 1.54) is 6.33 Å². The van der Waals surface area contributed by atoms with Gasteiger partial charge in [0.15, 0.2) is 6.10 Å². The van der Waals surface area contributed by atoms with Gasteiger partial charge in [0.2, 0.25) is 0 Å². The molecule has 0 radical (unpaired) electrons. The Balaban J connectivity index is 1.48. The van der Waals surface area contributed by atoms with Gasteiger partial charge in [0.05, 0.1) is 6.42 Å². The third-order valence-electron chi connectivity index (χ3n) is 5.41. The van der Waals surface area contributed by atoms with Crippen LogP contribution in [-0.2, 0) is 27.2 Å². The molecule has 3 heterocycles. The molecule has 150 valence electrons. The van der Waals surface area contributed by atoms with Gasteiger partial charge in [-0.2, -0.15) is 10.1 Å². The number of para-hydroxylation sites is 1. The molecule has 1 aliphatic rings. The van der Waals surface area contributed by atoms with Crippen molar-refractivity contribution in [3.05, 3.63) is 53.1 Å². The fraction of sp³-hybridized carbons (Fsp3) is 0.381. The third-order valence-corrected chi connectivity index (χ3v) is 5.41. The molecule has 1 amide bonds. The SMILES string of the molecule is Cc1nc2ncnn2c(C)c1CC(=O)O[C@@H](C)C(=O)N1c2ccccc2C[C@H]1C. The highest BCUT2D eigenvalue weighted by molar-refractivity contribution is 5.99. The molecule has 8 heteroatoms. The van der Waals surface area contributed by atoms with Crippen molar-refractivity contribution in [1.82, 2.24) is 19.6 Å². The standard InChI is InChI=1S/C21H23N5O3/c1-12-9-16-7-5-6-8-18(16)25(12)20(28)15(4)29-19(27)10-17-13(2)24-21-22-11-23-26(21)14(17)3/h5-8,11-12,15H,9-10H2,1-4H3/t12-,15+/m1/s1. The molecule has 0 bridgehead atoms. The molecule has 1 aromatic carbocycles. The topological polar surface area (TPSA) is 89.7 Å². The first-order chi connectivity index (χ1) is 13.9. The predicted octanol–water partition coefficient (Wildman–Crippen LogP) is 2.19. The molecular formula is C21H23N5O3. The van der Waals surface area contributed by atoms with Crippen molar-refractivity contribution >= 4 is 23.3 Å². The van der Waals surface area contributed by atoms with Gasteiger partial charge in [-0.05, 0) is 45.7 Å². The van der Waals surface area contributed by atoms with Crippen LogP contribution in [0.4, 0.5) is 5.69 Å². The summed E-state index contributed by atoms with van der Waals surface area (Å²) in [7, 11) is 0. The molecule has 0 fully saturated rings. The number of anilines is 1. The Morgan fingerprint density at radius 3 is 2.83 bits per heavy atom. The van der Waals surface area contributed by atoms with Crippen molar-refractivity contribution in [2.24, 2.45) is 0 Å². The van der Waals surface area contributed by atoms with Gasteiger partial charge in [-0.25, -0.2) is 9.50 Å². The van der Waals surface area contributed by atoms with Crippen LogP contribution in [0.3, 0.4) is 0 Å².